The third-order valence-electron chi connectivity index (χ3n) is 6.77. The lowest BCUT2D eigenvalue weighted by Crippen LogP contribution is -2.49. The van der Waals surface area contributed by atoms with E-state index in [1.165, 1.54) is 18.2 Å². The Morgan fingerprint density at radius 3 is 2.38 bits per heavy atom. The van der Waals surface area contributed by atoms with Crippen LogP contribution in [-0.4, -0.2) is 40.8 Å². The molecule has 3 atom stereocenters. The highest BCUT2D eigenvalue weighted by Gasteiger charge is 2.41. The van der Waals surface area contributed by atoms with Crippen LogP contribution in [0.5, 0.6) is 0 Å². The Hall–Kier alpha value is -3.33. The van der Waals surface area contributed by atoms with Gasteiger partial charge in [-0.1, -0.05) is 24.6 Å². The van der Waals surface area contributed by atoms with Gasteiger partial charge in [0.25, 0.3) is 17.5 Å². The summed E-state index contributed by atoms with van der Waals surface area (Å²) in [6, 6.07) is 9.71. The van der Waals surface area contributed by atoms with E-state index in [9.17, 15) is 19.7 Å². The first-order chi connectivity index (χ1) is 15.3. The van der Waals surface area contributed by atoms with Gasteiger partial charge in [0, 0.05) is 23.2 Å². The minimum Gasteiger partial charge on any atom is -0.366 e. The standard InChI is InChI=1S/C23H25FN4O4/c1-27-15-8-5-9-16(27)11-14(10-15)17-12-18(22(25)29)19(24)20(21(17)28(31)32)26-23(30)13-6-3-2-4-7-13/h2-4,6-7,12,14-16H,5,8-11H2,1H3,(H2,25,29)(H,26,30)/t14?,15-,16+. The number of hydrogen-bond acceptors (Lipinski definition) is 5. The van der Waals surface area contributed by atoms with Crippen molar-refractivity contribution in [2.75, 3.05) is 12.4 Å². The number of fused-ring (bicyclic) bond motifs is 2. The number of amides is 2. The zero-order valence-electron chi connectivity index (χ0n) is 17.7. The summed E-state index contributed by atoms with van der Waals surface area (Å²) >= 11 is 0. The van der Waals surface area contributed by atoms with Crippen molar-refractivity contribution in [3.63, 3.8) is 0 Å². The molecule has 8 nitrogen and oxygen atoms in total. The summed E-state index contributed by atoms with van der Waals surface area (Å²) in [5, 5.41) is 14.4. The Bertz CT molecular complexity index is 1060. The second kappa shape index (κ2) is 8.66. The van der Waals surface area contributed by atoms with E-state index in [1.807, 2.05) is 0 Å². The molecule has 2 fully saturated rings. The van der Waals surface area contributed by atoms with Crippen LogP contribution in [0, 0.1) is 15.9 Å². The molecule has 2 aliphatic heterocycles. The molecule has 1 unspecified atom stereocenters. The molecule has 3 N–H and O–H groups in total. The number of nitrogens with one attached hydrogen (secondary N) is 1. The third kappa shape index (κ3) is 3.95. The van der Waals surface area contributed by atoms with Crippen LogP contribution in [0.3, 0.4) is 0 Å². The van der Waals surface area contributed by atoms with Gasteiger partial charge in [0.2, 0.25) is 0 Å². The van der Waals surface area contributed by atoms with Gasteiger partial charge in [-0.25, -0.2) is 4.39 Å². The zero-order chi connectivity index (χ0) is 23.0. The van der Waals surface area contributed by atoms with Gasteiger partial charge in [-0.2, -0.15) is 0 Å². The first kappa shape index (κ1) is 21.9. The van der Waals surface area contributed by atoms with Gasteiger partial charge in [-0.3, -0.25) is 19.7 Å². The number of nitrogens with zero attached hydrogens (tertiary/aromatic N) is 2. The van der Waals surface area contributed by atoms with Gasteiger partial charge < -0.3 is 16.0 Å². The van der Waals surface area contributed by atoms with Crippen LogP contribution in [-0.2, 0) is 0 Å². The molecule has 9 heteroatoms. The smallest absolute Gasteiger partial charge is 0.299 e. The van der Waals surface area contributed by atoms with E-state index in [4.69, 9.17) is 5.73 Å². The molecule has 2 saturated heterocycles. The maximum Gasteiger partial charge on any atom is 0.299 e. The van der Waals surface area contributed by atoms with Gasteiger partial charge in [-0.05, 0) is 56.8 Å². The lowest BCUT2D eigenvalue weighted by Gasteiger charge is -2.47. The van der Waals surface area contributed by atoms with Crippen LogP contribution in [0.1, 0.15) is 64.3 Å². The fourth-order valence-corrected chi connectivity index (χ4v) is 5.12. The minimum atomic E-state index is -1.19. The van der Waals surface area contributed by atoms with Gasteiger partial charge in [0.05, 0.1) is 10.5 Å². The molecule has 2 aromatic rings. The van der Waals surface area contributed by atoms with Crippen molar-refractivity contribution in [1.29, 1.82) is 0 Å². The average Bonchev–Trinajstić information content (AvgIpc) is 2.75. The molecule has 0 aromatic heterocycles. The van der Waals surface area contributed by atoms with Crippen LogP contribution >= 0.6 is 0 Å². The monoisotopic (exact) mass is 440 g/mol. The Morgan fingerprint density at radius 2 is 1.81 bits per heavy atom. The molecule has 2 amide bonds. The van der Waals surface area contributed by atoms with Gasteiger partial charge in [0.1, 0.15) is 0 Å². The summed E-state index contributed by atoms with van der Waals surface area (Å²) in [6.45, 7) is 0. The number of rotatable bonds is 5. The maximum absolute atomic E-state index is 15.2. The highest BCUT2D eigenvalue weighted by Crippen LogP contribution is 2.46. The molecule has 4 rings (SSSR count). The van der Waals surface area contributed by atoms with E-state index in [1.54, 1.807) is 18.2 Å². The average molecular weight is 440 g/mol. The summed E-state index contributed by atoms with van der Waals surface area (Å²) in [5.41, 5.74) is 4.27. The fraction of sp³-hybridized carbons (Fsp3) is 0.391. The number of carbonyl (C=O) groups is 2. The summed E-state index contributed by atoms with van der Waals surface area (Å²) in [6.07, 6.45) is 4.38. The zero-order valence-corrected chi connectivity index (χ0v) is 17.7. The molecule has 2 bridgehead atoms. The Labute approximate surface area is 184 Å². The number of piperidine rings is 2. The second-order valence-corrected chi connectivity index (χ2v) is 8.56. The predicted molar refractivity (Wildman–Crippen MR) is 117 cm³/mol. The molecule has 2 heterocycles. The van der Waals surface area contributed by atoms with Gasteiger partial charge in [-0.15, -0.1) is 0 Å². The normalized spacial score (nSPS) is 22.9. The van der Waals surface area contributed by atoms with E-state index < -0.39 is 39.5 Å². The van der Waals surface area contributed by atoms with Crippen molar-refractivity contribution in [3.05, 3.63) is 69.0 Å². The summed E-state index contributed by atoms with van der Waals surface area (Å²) in [5.74, 6) is -3.18. The molecular weight excluding hydrogens is 415 g/mol. The maximum atomic E-state index is 15.2. The number of hydrogen-bond donors (Lipinski definition) is 2. The number of nitro groups is 1. The van der Waals surface area contributed by atoms with Crippen molar-refractivity contribution < 1.29 is 18.9 Å². The fourth-order valence-electron chi connectivity index (χ4n) is 5.12. The first-order valence-electron chi connectivity index (χ1n) is 10.7. The molecule has 0 radical (unpaired) electrons. The number of nitro benzene ring substituents is 1. The van der Waals surface area contributed by atoms with Gasteiger partial charge >= 0.3 is 0 Å². The molecule has 2 aromatic carbocycles. The van der Waals surface area contributed by atoms with Crippen molar-refractivity contribution in [2.45, 2.75) is 50.1 Å². The highest BCUT2D eigenvalue weighted by molar-refractivity contribution is 6.07. The topological polar surface area (TPSA) is 119 Å². The van der Waals surface area contributed by atoms with E-state index in [2.05, 4.69) is 17.3 Å². The molecule has 2 aliphatic rings. The molecule has 0 spiro atoms. The van der Waals surface area contributed by atoms with E-state index in [0.29, 0.717) is 12.8 Å². The molecule has 0 aliphatic carbocycles. The molecule has 0 saturated carbocycles. The number of benzene rings is 2. The summed E-state index contributed by atoms with van der Waals surface area (Å²) < 4.78 is 15.2. The number of anilines is 1. The number of nitrogens with two attached hydrogens (primary N) is 1. The van der Waals surface area contributed by atoms with E-state index in [0.717, 1.165) is 19.3 Å². The summed E-state index contributed by atoms with van der Waals surface area (Å²) in [7, 11) is 2.06. The number of primary amides is 1. The number of carbonyl (C=O) groups excluding carboxylic acids is 2. The van der Waals surface area contributed by atoms with Crippen LogP contribution in [0.25, 0.3) is 0 Å². The van der Waals surface area contributed by atoms with Crippen LogP contribution < -0.4 is 11.1 Å². The quantitative estimate of drug-likeness (QED) is 0.541. The van der Waals surface area contributed by atoms with Crippen molar-refractivity contribution >= 4 is 23.2 Å². The third-order valence-corrected chi connectivity index (χ3v) is 6.77. The summed E-state index contributed by atoms with van der Waals surface area (Å²) in [4.78, 5) is 38.4. The van der Waals surface area contributed by atoms with Crippen molar-refractivity contribution in [3.8, 4) is 0 Å². The van der Waals surface area contributed by atoms with Gasteiger partial charge in [0.15, 0.2) is 11.5 Å². The SMILES string of the molecule is CN1[C@@H]2CCC[C@H]1CC(c1cc(C(N)=O)c(F)c(NC(=O)c3ccccc3)c1[N+](=O)[O-])C2. The van der Waals surface area contributed by atoms with Crippen LogP contribution in [0.15, 0.2) is 36.4 Å². The van der Waals surface area contributed by atoms with Crippen LogP contribution in [0.2, 0.25) is 0 Å². The molecular formula is C23H25FN4O4. The van der Waals surface area contributed by atoms with Crippen molar-refractivity contribution in [1.82, 2.24) is 4.90 Å². The first-order valence-corrected chi connectivity index (χ1v) is 10.7. The Balaban J connectivity index is 1.82. The van der Waals surface area contributed by atoms with Crippen molar-refractivity contribution in [2.24, 2.45) is 5.73 Å². The van der Waals surface area contributed by atoms with E-state index in [-0.39, 0.29) is 29.1 Å². The Morgan fingerprint density at radius 1 is 1.19 bits per heavy atom. The number of halogens is 1. The second-order valence-electron chi connectivity index (χ2n) is 8.56. The largest absolute Gasteiger partial charge is 0.366 e. The Kier molecular flexibility index (Phi) is 5.92. The van der Waals surface area contributed by atoms with E-state index >= 15 is 4.39 Å². The predicted octanol–water partition coefficient (Wildman–Crippen LogP) is 3.82. The molecule has 168 valence electrons. The molecule has 32 heavy (non-hydrogen) atoms. The highest BCUT2D eigenvalue weighted by atomic mass is 19.1. The lowest BCUT2D eigenvalue weighted by molar-refractivity contribution is -0.385. The minimum absolute atomic E-state index is 0.209. The van der Waals surface area contributed by atoms with Crippen LogP contribution in [0.4, 0.5) is 15.8 Å². The lowest BCUT2D eigenvalue weighted by atomic mass is 9.75.